The van der Waals surface area contributed by atoms with Gasteiger partial charge in [0.1, 0.15) is 0 Å². The summed E-state index contributed by atoms with van der Waals surface area (Å²) < 4.78 is 18.0. The Bertz CT molecular complexity index is 556. The van der Waals surface area contributed by atoms with Crippen molar-refractivity contribution in [2.75, 3.05) is 18.5 Å². The van der Waals surface area contributed by atoms with Gasteiger partial charge in [0.05, 0.1) is 0 Å². The molecule has 1 aliphatic heterocycles. The first-order valence-electron chi connectivity index (χ1n) is 9.42. The molecule has 0 bridgehead atoms. The van der Waals surface area contributed by atoms with Crippen LogP contribution >= 0.6 is 0 Å². The lowest BCUT2D eigenvalue weighted by Gasteiger charge is -2.33. The van der Waals surface area contributed by atoms with Crippen LogP contribution in [0, 0.1) is 11.8 Å². The molecule has 134 valence electrons. The summed E-state index contributed by atoms with van der Waals surface area (Å²) in [4.78, 5) is 0. The van der Waals surface area contributed by atoms with Crippen LogP contribution in [0.2, 0.25) is 0 Å². The first kappa shape index (κ1) is 17.9. The molecule has 1 aliphatic carbocycles. The highest BCUT2D eigenvalue weighted by molar-refractivity contribution is 7.84. The monoisotopic (exact) mass is 349 g/mol. The van der Waals surface area contributed by atoms with Gasteiger partial charge in [-0.2, -0.15) is 0 Å². The molecule has 0 aromatic heterocycles. The van der Waals surface area contributed by atoms with Crippen molar-refractivity contribution < 1.29 is 8.95 Å². The molecule has 2 aliphatic rings. The second-order valence-corrected chi connectivity index (χ2v) is 9.36. The van der Waals surface area contributed by atoms with Gasteiger partial charge in [0.15, 0.2) is 0 Å². The highest BCUT2D eigenvalue weighted by atomic mass is 32.2. The molecule has 0 unspecified atom stereocenters. The Hall–Kier alpha value is -0.870. The van der Waals surface area contributed by atoms with E-state index in [1.807, 2.05) is 0 Å². The molecule has 0 amide bonds. The highest BCUT2D eigenvalue weighted by Crippen LogP contribution is 2.31. The Morgan fingerprint density at radius 1 is 1.12 bits per heavy atom. The van der Waals surface area contributed by atoms with E-state index in [-0.39, 0.29) is 0 Å². The third kappa shape index (κ3) is 4.82. The normalized spacial score (nSPS) is 30.0. The van der Waals surface area contributed by atoms with Crippen LogP contribution in [0.4, 0.5) is 5.69 Å². The number of hydrogen-bond donors (Lipinski definition) is 1. The highest BCUT2D eigenvalue weighted by Gasteiger charge is 2.24. The van der Waals surface area contributed by atoms with Crippen LogP contribution in [0.15, 0.2) is 24.3 Å². The van der Waals surface area contributed by atoms with E-state index in [9.17, 15) is 4.21 Å². The predicted octanol–water partition coefficient (Wildman–Crippen LogP) is 4.35. The van der Waals surface area contributed by atoms with Crippen LogP contribution in [0.5, 0.6) is 0 Å². The fraction of sp³-hybridized carbons (Fsp3) is 0.700. The molecule has 0 radical (unpaired) electrons. The molecule has 2 fully saturated rings. The summed E-state index contributed by atoms with van der Waals surface area (Å²) in [6, 6.07) is 9.11. The molecule has 1 saturated carbocycles. The van der Waals surface area contributed by atoms with Gasteiger partial charge in [-0.15, -0.1) is 0 Å². The van der Waals surface area contributed by atoms with Gasteiger partial charge >= 0.3 is 0 Å². The van der Waals surface area contributed by atoms with Crippen molar-refractivity contribution >= 4 is 16.5 Å². The van der Waals surface area contributed by atoms with Gasteiger partial charge in [-0.1, -0.05) is 26.0 Å². The molecule has 4 atom stereocenters. The number of benzene rings is 1. The van der Waals surface area contributed by atoms with Crippen LogP contribution < -0.4 is 5.32 Å². The molecule has 0 spiro atoms. The molecule has 1 aromatic rings. The van der Waals surface area contributed by atoms with Gasteiger partial charge in [0, 0.05) is 46.7 Å². The van der Waals surface area contributed by atoms with E-state index in [0.29, 0.717) is 17.0 Å². The van der Waals surface area contributed by atoms with Crippen molar-refractivity contribution in [2.24, 2.45) is 11.8 Å². The van der Waals surface area contributed by atoms with Gasteiger partial charge in [-0.05, 0) is 61.6 Å². The lowest BCUT2D eigenvalue weighted by molar-refractivity contribution is 0.0992. The van der Waals surface area contributed by atoms with E-state index in [1.165, 1.54) is 30.5 Å². The average molecular weight is 350 g/mol. The Morgan fingerprint density at radius 2 is 1.92 bits per heavy atom. The molecule has 24 heavy (non-hydrogen) atoms. The van der Waals surface area contributed by atoms with Crippen LogP contribution in [0.1, 0.15) is 51.5 Å². The maximum absolute atomic E-state index is 12.6. The van der Waals surface area contributed by atoms with Gasteiger partial charge < -0.3 is 10.1 Å². The zero-order chi connectivity index (χ0) is 16.9. The summed E-state index contributed by atoms with van der Waals surface area (Å²) in [7, 11) is -0.791. The van der Waals surface area contributed by atoms with E-state index >= 15 is 0 Å². The Morgan fingerprint density at radius 3 is 2.67 bits per heavy atom. The average Bonchev–Trinajstić information content (AvgIpc) is 2.59. The summed E-state index contributed by atoms with van der Waals surface area (Å²) in [5.74, 6) is 2.30. The summed E-state index contributed by atoms with van der Waals surface area (Å²) in [5, 5.41) is 4.01. The summed E-state index contributed by atoms with van der Waals surface area (Å²) in [6.07, 6.45) is 5.68. The Balaban J connectivity index is 1.56. The first-order chi connectivity index (χ1) is 11.6. The van der Waals surface area contributed by atoms with Crippen molar-refractivity contribution in [1.82, 2.24) is 0 Å². The standard InChI is InChI=1S/C20H31NO2S/c1-15-6-7-19(12-16(15)2)21-18-5-3-4-17(13-18)14-24(22)20-8-10-23-11-9-20/h3-5,13,15-16,19-21H,6-12,14H2,1-2H3/t15-,16-,19+,24-/m1/s1. The lowest BCUT2D eigenvalue weighted by Crippen LogP contribution is -2.30. The predicted molar refractivity (Wildman–Crippen MR) is 102 cm³/mol. The topological polar surface area (TPSA) is 38.3 Å². The van der Waals surface area contributed by atoms with Crippen molar-refractivity contribution in [2.45, 2.75) is 63.0 Å². The molecule has 1 heterocycles. The van der Waals surface area contributed by atoms with E-state index in [2.05, 4.69) is 43.4 Å². The van der Waals surface area contributed by atoms with Gasteiger partial charge in [0.2, 0.25) is 0 Å². The van der Waals surface area contributed by atoms with Crippen molar-refractivity contribution in [1.29, 1.82) is 0 Å². The minimum Gasteiger partial charge on any atom is -0.382 e. The van der Waals surface area contributed by atoms with E-state index in [4.69, 9.17) is 4.74 Å². The zero-order valence-corrected chi connectivity index (χ0v) is 15.8. The Labute approximate surface area is 149 Å². The molecular weight excluding hydrogens is 318 g/mol. The number of anilines is 1. The number of ether oxygens (including phenoxy) is 1. The van der Waals surface area contributed by atoms with E-state index in [1.54, 1.807) is 0 Å². The van der Waals surface area contributed by atoms with E-state index < -0.39 is 10.8 Å². The third-order valence-corrected chi connectivity index (χ3v) is 7.58. The van der Waals surface area contributed by atoms with Crippen molar-refractivity contribution in [3.63, 3.8) is 0 Å². The van der Waals surface area contributed by atoms with Crippen LogP contribution in [-0.2, 0) is 21.3 Å². The van der Waals surface area contributed by atoms with Crippen molar-refractivity contribution in [3.05, 3.63) is 29.8 Å². The van der Waals surface area contributed by atoms with E-state index in [0.717, 1.165) is 37.9 Å². The summed E-state index contributed by atoms with van der Waals surface area (Å²) in [6.45, 7) is 6.26. The second-order valence-electron chi connectivity index (χ2n) is 7.65. The summed E-state index contributed by atoms with van der Waals surface area (Å²) >= 11 is 0. The zero-order valence-electron chi connectivity index (χ0n) is 15.0. The number of hydrogen-bond acceptors (Lipinski definition) is 3. The fourth-order valence-corrected chi connectivity index (χ4v) is 5.35. The third-order valence-electron chi connectivity index (χ3n) is 5.74. The molecule has 4 heteroatoms. The molecule has 1 N–H and O–H groups in total. The quantitative estimate of drug-likeness (QED) is 0.859. The second kappa shape index (κ2) is 8.48. The molecule has 3 nitrogen and oxygen atoms in total. The SMILES string of the molecule is C[C@@H]1CC[C@H](Nc2cccc(C[S@@](=O)C3CCOCC3)c2)C[C@H]1C. The maximum Gasteiger partial charge on any atom is 0.0489 e. The minimum absolute atomic E-state index is 0.302. The Kier molecular flexibility index (Phi) is 6.34. The minimum atomic E-state index is -0.791. The fourth-order valence-electron chi connectivity index (χ4n) is 3.89. The lowest BCUT2D eigenvalue weighted by atomic mass is 9.79. The maximum atomic E-state index is 12.6. The van der Waals surface area contributed by atoms with Crippen LogP contribution in [0.3, 0.4) is 0 Å². The van der Waals surface area contributed by atoms with Gasteiger partial charge in [-0.25, -0.2) is 0 Å². The number of rotatable bonds is 5. The van der Waals surface area contributed by atoms with Crippen LogP contribution in [0.25, 0.3) is 0 Å². The molecule has 1 aromatic carbocycles. The smallest absolute Gasteiger partial charge is 0.0489 e. The molecule has 3 rings (SSSR count). The van der Waals surface area contributed by atoms with Crippen molar-refractivity contribution in [3.8, 4) is 0 Å². The largest absolute Gasteiger partial charge is 0.382 e. The first-order valence-corrected chi connectivity index (χ1v) is 10.8. The molecule has 1 saturated heterocycles. The molecular formula is C20H31NO2S. The summed E-state index contributed by atoms with van der Waals surface area (Å²) in [5.41, 5.74) is 2.37. The van der Waals surface area contributed by atoms with Gasteiger partial charge in [0.25, 0.3) is 0 Å². The van der Waals surface area contributed by atoms with Gasteiger partial charge in [-0.3, -0.25) is 4.21 Å². The number of nitrogens with one attached hydrogen (secondary N) is 1. The van der Waals surface area contributed by atoms with Crippen LogP contribution in [-0.4, -0.2) is 28.7 Å².